The van der Waals surface area contributed by atoms with Crippen LogP contribution in [0.15, 0.2) is 39.5 Å². The van der Waals surface area contributed by atoms with Crippen LogP contribution in [0.5, 0.6) is 5.75 Å². The molecule has 0 unspecified atom stereocenters. The number of hydrogen-bond acceptors (Lipinski definition) is 5. The second kappa shape index (κ2) is 6.76. The number of ether oxygens (including phenoxy) is 1. The Bertz CT molecular complexity index is 876. The van der Waals surface area contributed by atoms with Crippen molar-refractivity contribution in [2.24, 2.45) is 5.92 Å². The lowest BCUT2D eigenvalue weighted by Gasteiger charge is -2.47. The lowest BCUT2D eigenvalue weighted by atomic mass is 9.71. The van der Waals surface area contributed by atoms with Crippen LogP contribution in [0.1, 0.15) is 32.1 Å². The molecule has 2 aromatic rings. The van der Waals surface area contributed by atoms with Crippen LogP contribution in [-0.2, 0) is 4.79 Å². The molecule has 1 amide bonds. The van der Waals surface area contributed by atoms with Crippen molar-refractivity contribution < 1.29 is 19.1 Å². The van der Waals surface area contributed by atoms with Crippen LogP contribution >= 0.6 is 0 Å². The first-order chi connectivity index (χ1) is 12.5. The van der Waals surface area contributed by atoms with Gasteiger partial charge in [-0.05, 0) is 37.5 Å². The molecule has 1 saturated heterocycles. The fourth-order valence-corrected chi connectivity index (χ4v) is 4.16. The number of benzene rings is 1. The Morgan fingerprint density at radius 3 is 3.00 bits per heavy atom. The molecule has 2 fully saturated rings. The molecule has 2 aliphatic rings. The maximum atomic E-state index is 12.5. The summed E-state index contributed by atoms with van der Waals surface area (Å²) in [5.41, 5.74) is -0.571. The summed E-state index contributed by atoms with van der Waals surface area (Å²) in [6.07, 6.45) is 4.66. The van der Waals surface area contributed by atoms with Crippen LogP contribution in [0.3, 0.4) is 0 Å². The molecule has 1 aromatic heterocycles. The zero-order chi connectivity index (χ0) is 18.1. The van der Waals surface area contributed by atoms with Gasteiger partial charge in [0, 0.05) is 36.5 Å². The van der Waals surface area contributed by atoms with Gasteiger partial charge in [0.2, 0.25) is 0 Å². The molecule has 0 bridgehead atoms. The summed E-state index contributed by atoms with van der Waals surface area (Å²) in [7, 11) is 0. The van der Waals surface area contributed by atoms with Gasteiger partial charge in [0.05, 0.1) is 5.60 Å². The quantitative estimate of drug-likeness (QED) is 0.853. The molecule has 1 aliphatic heterocycles. The molecular formula is C20H23NO5. The summed E-state index contributed by atoms with van der Waals surface area (Å²) in [4.78, 5) is 25.6. The monoisotopic (exact) mass is 357 g/mol. The molecule has 1 aromatic carbocycles. The zero-order valence-electron chi connectivity index (χ0n) is 14.6. The van der Waals surface area contributed by atoms with Crippen molar-refractivity contribution in [3.8, 4) is 5.75 Å². The van der Waals surface area contributed by atoms with Crippen LogP contribution in [0.25, 0.3) is 11.0 Å². The average molecular weight is 357 g/mol. The third-order valence-electron chi connectivity index (χ3n) is 5.74. The molecule has 6 nitrogen and oxygen atoms in total. The number of amides is 1. The summed E-state index contributed by atoms with van der Waals surface area (Å²) in [6, 6.07) is 8.23. The third-order valence-corrected chi connectivity index (χ3v) is 5.74. The number of likely N-dealkylation sites (tertiary alicyclic amines) is 1. The minimum atomic E-state index is -0.591. The normalized spacial score (nSPS) is 25.7. The van der Waals surface area contributed by atoms with Crippen LogP contribution in [0.2, 0.25) is 0 Å². The van der Waals surface area contributed by atoms with E-state index < -0.39 is 11.2 Å². The van der Waals surface area contributed by atoms with Gasteiger partial charge in [0.15, 0.2) is 6.61 Å². The van der Waals surface area contributed by atoms with Crippen LogP contribution in [0.4, 0.5) is 0 Å². The maximum Gasteiger partial charge on any atom is 0.336 e. The first-order valence-electron chi connectivity index (χ1n) is 9.20. The maximum absolute atomic E-state index is 12.5. The van der Waals surface area contributed by atoms with Gasteiger partial charge in [-0.2, -0.15) is 0 Å². The van der Waals surface area contributed by atoms with Crippen molar-refractivity contribution in [1.29, 1.82) is 0 Å². The third kappa shape index (κ3) is 3.33. The fraction of sp³-hybridized carbons (Fsp3) is 0.500. The van der Waals surface area contributed by atoms with Crippen LogP contribution in [-0.4, -0.2) is 41.2 Å². The molecule has 2 heterocycles. The van der Waals surface area contributed by atoms with E-state index in [1.165, 1.54) is 6.07 Å². The van der Waals surface area contributed by atoms with Crippen molar-refractivity contribution in [3.63, 3.8) is 0 Å². The van der Waals surface area contributed by atoms with E-state index in [1.807, 2.05) is 0 Å². The van der Waals surface area contributed by atoms with Crippen molar-refractivity contribution in [2.75, 3.05) is 19.7 Å². The Morgan fingerprint density at radius 1 is 1.27 bits per heavy atom. The van der Waals surface area contributed by atoms with E-state index in [1.54, 1.807) is 29.2 Å². The highest BCUT2D eigenvalue weighted by molar-refractivity contribution is 5.79. The van der Waals surface area contributed by atoms with Gasteiger partial charge >= 0.3 is 5.63 Å². The van der Waals surface area contributed by atoms with Crippen LogP contribution < -0.4 is 10.4 Å². The highest BCUT2D eigenvalue weighted by Crippen LogP contribution is 2.39. The molecular weight excluding hydrogens is 334 g/mol. The van der Waals surface area contributed by atoms with Gasteiger partial charge in [0.25, 0.3) is 5.91 Å². The molecule has 1 N–H and O–H groups in total. The molecule has 6 heteroatoms. The summed E-state index contributed by atoms with van der Waals surface area (Å²) in [5, 5.41) is 11.5. The summed E-state index contributed by atoms with van der Waals surface area (Å²) >= 11 is 0. The van der Waals surface area contributed by atoms with Gasteiger partial charge in [-0.15, -0.1) is 0 Å². The molecule has 1 aliphatic carbocycles. The number of aliphatic hydroxyl groups is 1. The zero-order valence-corrected chi connectivity index (χ0v) is 14.6. The first-order valence-corrected chi connectivity index (χ1v) is 9.20. The molecule has 2 atom stereocenters. The van der Waals surface area contributed by atoms with Gasteiger partial charge in [-0.3, -0.25) is 4.79 Å². The standard InChI is InChI=1S/C20H23NO5/c22-18(21-10-9-20(24)8-2-1-3-15(20)12-21)13-25-16-6-4-14-5-7-19(23)26-17(14)11-16/h4-7,11,15,24H,1-3,8-10,12-13H2/t15-,20+/m1/s1. The van der Waals surface area contributed by atoms with E-state index in [2.05, 4.69) is 0 Å². The number of rotatable bonds is 3. The Labute approximate surface area is 151 Å². The minimum absolute atomic E-state index is 0.0618. The fourth-order valence-electron chi connectivity index (χ4n) is 4.16. The smallest absolute Gasteiger partial charge is 0.336 e. The topological polar surface area (TPSA) is 80.0 Å². The summed E-state index contributed by atoms with van der Waals surface area (Å²) in [6.45, 7) is 1.11. The lowest BCUT2D eigenvalue weighted by molar-refractivity contribution is -0.145. The molecule has 1 saturated carbocycles. The molecule has 4 rings (SSSR count). The SMILES string of the molecule is O=C(COc1ccc2ccc(=O)oc2c1)N1CC[C@@]2(O)CCCC[C@@H]2C1. The molecule has 0 radical (unpaired) electrons. The highest BCUT2D eigenvalue weighted by Gasteiger charge is 2.43. The second-order valence-corrected chi connectivity index (χ2v) is 7.38. The second-order valence-electron chi connectivity index (χ2n) is 7.38. The molecule has 138 valence electrons. The Morgan fingerprint density at radius 2 is 2.12 bits per heavy atom. The predicted octanol–water partition coefficient (Wildman–Crippen LogP) is 2.33. The number of fused-ring (bicyclic) bond motifs is 2. The van der Waals surface area contributed by atoms with E-state index in [4.69, 9.17) is 9.15 Å². The van der Waals surface area contributed by atoms with Crippen LogP contribution in [0, 0.1) is 5.92 Å². The van der Waals surface area contributed by atoms with E-state index >= 15 is 0 Å². The molecule has 26 heavy (non-hydrogen) atoms. The van der Waals surface area contributed by atoms with Gasteiger partial charge < -0.3 is 19.2 Å². The van der Waals surface area contributed by atoms with Crippen molar-refractivity contribution in [1.82, 2.24) is 4.90 Å². The van der Waals surface area contributed by atoms with Crippen molar-refractivity contribution >= 4 is 16.9 Å². The predicted molar refractivity (Wildman–Crippen MR) is 96.1 cm³/mol. The van der Waals surface area contributed by atoms with Gasteiger partial charge in [-0.1, -0.05) is 12.8 Å². The summed E-state index contributed by atoms with van der Waals surface area (Å²) in [5.74, 6) is 0.586. The number of nitrogens with zero attached hydrogens (tertiary/aromatic N) is 1. The van der Waals surface area contributed by atoms with Gasteiger partial charge in [0.1, 0.15) is 11.3 Å². The summed E-state index contributed by atoms with van der Waals surface area (Å²) < 4.78 is 10.8. The van der Waals surface area contributed by atoms with E-state index in [0.29, 0.717) is 30.8 Å². The average Bonchev–Trinajstić information content (AvgIpc) is 2.65. The van der Waals surface area contributed by atoms with Crippen molar-refractivity contribution in [3.05, 3.63) is 40.8 Å². The number of piperidine rings is 1. The molecule has 0 spiro atoms. The Kier molecular flexibility index (Phi) is 4.44. The highest BCUT2D eigenvalue weighted by atomic mass is 16.5. The van der Waals surface area contributed by atoms with E-state index in [9.17, 15) is 14.7 Å². The van der Waals surface area contributed by atoms with E-state index in [0.717, 1.165) is 31.1 Å². The number of carbonyl (C=O) groups excluding carboxylic acids is 1. The number of hydrogen-bond donors (Lipinski definition) is 1. The minimum Gasteiger partial charge on any atom is -0.484 e. The van der Waals surface area contributed by atoms with Gasteiger partial charge in [-0.25, -0.2) is 4.79 Å². The Balaban J connectivity index is 1.39. The Hall–Kier alpha value is -2.34. The lowest BCUT2D eigenvalue weighted by Crippen LogP contribution is -2.55. The largest absolute Gasteiger partial charge is 0.484 e. The van der Waals surface area contributed by atoms with E-state index in [-0.39, 0.29) is 18.4 Å². The number of carbonyl (C=O) groups is 1. The first kappa shape index (κ1) is 17.1. The van der Waals surface area contributed by atoms with Crippen molar-refractivity contribution in [2.45, 2.75) is 37.7 Å².